The maximum atomic E-state index is 12.3. The fraction of sp³-hybridized carbons (Fsp3) is 0.500. The van der Waals surface area contributed by atoms with Crippen molar-refractivity contribution in [3.8, 4) is 5.75 Å². The summed E-state index contributed by atoms with van der Waals surface area (Å²) in [6, 6.07) is 4.08. The Morgan fingerprint density at radius 1 is 1.05 bits per heavy atom. The van der Waals surface area contributed by atoms with E-state index in [1.807, 2.05) is 0 Å². The zero-order valence-corrected chi connectivity index (χ0v) is 12.0. The van der Waals surface area contributed by atoms with Crippen molar-refractivity contribution in [2.24, 2.45) is 5.92 Å². The van der Waals surface area contributed by atoms with Crippen molar-refractivity contribution >= 4 is 17.6 Å². The van der Waals surface area contributed by atoms with Crippen molar-refractivity contribution in [2.75, 3.05) is 5.32 Å². The third kappa shape index (κ3) is 4.21. The Labute approximate surface area is 124 Å². The first-order valence-electron chi connectivity index (χ1n) is 7.45. The molecule has 1 saturated carbocycles. The molecule has 2 rings (SSSR count). The molecule has 1 aromatic carbocycles. The van der Waals surface area contributed by atoms with Crippen LogP contribution in [-0.4, -0.2) is 22.1 Å². The molecule has 5 nitrogen and oxygen atoms in total. The summed E-state index contributed by atoms with van der Waals surface area (Å²) >= 11 is 0. The molecule has 0 atom stereocenters. The quantitative estimate of drug-likeness (QED) is 0.796. The van der Waals surface area contributed by atoms with Gasteiger partial charge in [-0.3, -0.25) is 4.79 Å². The van der Waals surface area contributed by atoms with Gasteiger partial charge in [-0.05, 0) is 25.0 Å². The molecule has 0 bridgehead atoms. The van der Waals surface area contributed by atoms with Crippen molar-refractivity contribution in [3.05, 3.63) is 23.8 Å². The Morgan fingerprint density at radius 3 is 2.24 bits per heavy atom. The summed E-state index contributed by atoms with van der Waals surface area (Å²) in [5, 5.41) is 21.3. The van der Waals surface area contributed by atoms with Crippen LogP contribution in [0.3, 0.4) is 0 Å². The van der Waals surface area contributed by atoms with Gasteiger partial charge >= 0.3 is 5.97 Å². The lowest BCUT2D eigenvalue weighted by Gasteiger charge is -2.19. The molecule has 0 aliphatic heterocycles. The van der Waals surface area contributed by atoms with Gasteiger partial charge in [-0.2, -0.15) is 0 Å². The topological polar surface area (TPSA) is 86.6 Å². The average molecular weight is 291 g/mol. The number of anilines is 1. The minimum atomic E-state index is -1.19. The molecule has 1 aromatic rings. The number of carbonyl (C=O) groups excluding carboxylic acids is 1. The summed E-state index contributed by atoms with van der Waals surface area (Å²) in [6.45, 7) is 0. The third-order valence-electron chi connectivity index (χ3n) is 3.97. The summed E-state index contributed by atoms with van der Waals surface area (Å²) in [4.78, 5) is 23.1. The first-order chi connectivity index (χ1) is 10.1. The first kappa shape index (κ1) is 15.4. The minimum Gasteiger partial charge on any atom is -0.507 e. The monoisotopic (exact) mass is 291 g/mol. The molecule has 0 unspecified atom stereocenters. The smallest absolute Gasteiger partial charge is 0.339 e. The van der Waals surface area contributed by atoms with Gasteiger partial charge in [0.15, 0.2) is 0 Å². The van der Waals surface area contributed by atoms with Crippen LogP contribution in [0.5, 0.6) is 5.75 Å². The van der Waals surface area contributed by atoms with E-state index < -0.39 is 5.97 Å². The predicted octanol–water partition coefficient (Wildman–Crippen LogP) is 3.39. The molecule has 1 aliphatic carbocycles. The summed E-state index contributed by atoms with van der Waals surface area (Å²) in [6.07, 6.45) is 7.53. The average Bonchev–Trinajstić information content (AvgIpc) is 2.37. The highest BCUT2D eigenvalue weighted by atomic mass is 16.4. The van der Waals surface area contributed by atoms with E-state index in [-0.39, 0.29) is 23.1 Å². The number of phenols is 1. The SMILES string of the molecule is O=C(O)c1ccc(NC(=O)C2CCCCCCC2)cc1O. The van der Waals surface area contributed by atoms with Gasteiger partial charge in [0.25, 0.3) is 0 Å². The van der Waals surface area contributed by atoms with Gasteiger partial charge in [0, 0.05) is 17.7 Å². The Morgan fingerprint density at radius 2 is 1.67 bits per heavy atom. The number of benzene rings is 1. The molecule has 0 aromatic heterocycles. The van der Waals surface area contributed by atoms with Crippen LogP contribution in [0.25, 0.3) is 0 Å². The van der Waals surface area contributed by atoms with Crippen LogP contribution < -0.4 is 5.32 Å². The van der Waals surface area contributed by atoms with Crippen molar-refractivity contribution in [1.29, 1.82) is 0 Å². The maximum absolute atomic E-state index is 12.3. The van der Waals surface area contributed by atoms with Crippen LogP contribution in [-0.2, 0) is 4.79 Å². The molecule has 0 heterocycles. The van der Waals surface area contributed by atoms with E-state index in [9.17, 15) is 14.7 Å². The lowest BCUT2D eigenvalue weighted by Crippen LogP contribution is -2.23. The number of rotatable bonds is 3. The summed E-state index contributed by atoms with van der Waals surface area (Å²) in [5.41, 5.74) is 0.267. The highest BCUT2D eigenvalue weighted by molar-refractivity contribution is 5.95. The minimum absolute atomic E-state index is 0.00610. The van der Waals surface area contributed by atoms with Crippen molar-refractivity contribution < 1.29 is 19.8 Å². The molecule has 21 heavy (non-hydrogen) atoms. The fourth-order valence-corrected chi connectivity index (χ4v) is 2.75. The number of aromatic hydroxyl groups is 1. The number of amides is 1. The van der Waals surface area contributed by atoms with E-state index in [1.54, 1.807) is 0 Å². The molecule has 1 amide bonds. The lowest BCUT2D eigenvalue weighted by atomic mass is 9.90. The van der Waals surface area contributed by atoms with E-state index in [4.69, 9.17) is 5.11 Å². The third-order valence-corrected chi connectivity index (χ3v) is 3.97. The Bertz CT molecular complexity index is 519. The van der Waals surface area contributed by atoms with Crippen LogP contribution in [0.1, 0.15) is 55.3 Å². The van der Waals surface area contributed by atoms with Gasteiger partial charge < -0.3 is 15.5 Å². The molecular weight excluding hydrogens is 270 g/mol. The molecule has 0 radical (unpaired) electrons. The number of hydrogen-bond acceptors (Lipinski definition) is 3. The van der Waals surface area contributed by atoms with Gasteiger partial charge in [-0.15, -0.1) is 0 Å². The van der Waals surface area contributed by atoms with Gasteiger partial charge in [0.05, 0.1) is 0 Å². The molecule has 0 spiro atoms. The van der Waals surface area contributed by atoms with Gasteiger partial charge in [-0.1, -0.05) is 32.1 Å². The number of carboxylic acids is 1. The van der Waals surface area contributed by atoms with E-state index in [0.717, 1.165) is 25.7 Å². The second-order valence-corrected chi connectivity index (χ2v) is 5.57. The van der Waals surface area contributed by atoms with Crippen LogP contribution in [0.2, 0.25) is 0 Å². The highest BCUT2D eigenvalue weighted by Crippen LogP contribution is 2.26. The predicted molar refractivity (Wildman–Crippen MR) is 79.5 cm³/mol. The van der Waals surface area contributed by atoms with Gasteiger partial charge in [0.1, 0.15) is 11.3 Å². The van der Waals surface area contributed by atoms with Crippen LogP contribution in [0, 0.1) is 5.92 Å². The molecular formula is C16H21NO4. The fourth-order valence-electron chi connectivity index (χ4n) is 2.75. The number of carbonyl (C=O) groups is 2. The van der Waals surface area contributed by atoms with Crippen molar-refractivity contribution in [3.63, 3.8) is 0 Å². The molecule has 3 N–H and O–H groups in total. The molecule has 114 valence electrons. The van der Waals surface area contributed by atoms with Crippen molar-refractivity contribution in [1.82, 2.24) is 0 Å². The summed E-state index contributed by atoms with van der Waals surface area (Å²) in [7, 11) is 0. The first-order valence-corrected chi connectivity index (χ1v) is 7.45. The van der Waals surface area contributed by atoms with E-state index in [0.29, 0.717) is 5.69 Å². The van der Waals surface area contributed by atoms with E-state index >= 15 is 0 Å². The van der Waals surface area contributed by atoms with Crippen LogP contribution in [0.4, 0.5) is 5.69 Å². The second-order valence-electron chi connectivity index (χ2n) is 5.57. The van der Waals surface area contributed by atoms with Gasteiger partial charge in [-0.25, -0.2) is 4.79 Å². The Hall–Kier alpha value is -2.04. The number of hydrogen-bond donors (Lipinski definition) is 3. The zero-order chi connectivity index (χ0) is 15.2. The van der Waals surface area contributed by atoms with Crippen molar-refractivity contribution in [2.45, 2.75) is 44.9 Å². The number of nitrogens with one attached hydrogen (secondary N) is 1. The lowest BCUT2D eigenvalue weighted by molar-refractivity contribution is -0.120. The normalized spacial score (nSPS) is 16.8. The molecule has 1 aliphatic rings. The van der Waals surface area contributed by atoms with Crippen LogP contribution >= 0.6 is 0 Å². The molecule has 0 saturated heterocycles. The standard InChI is InChI=1S/C16H21NO4/c18-14-10-12(8-9-13(14)16(20)21)17-15(19)11-6-4-2-1-3-5-7-11/h8-11,18H,1-7H2,(H,17,19)(H,20,21). The highest BCUT2D eigenvalue weighted by Gasteiger charge is 2.20. The summed E-state index contributed by atoms with van der Waals surface area (Å²) < 4.78 is 0. The zero-order valence-electron chi connectivity index (χ0n) is 12.0. The van der Waals surface area contributed by atoms with E-state index in [2.05, 4.69) is 5.32 Å². The second kappa shape index (κ2) is 7.11. The number of aromatic carboxylic acids is 1. The van der Waals surface area contributed by atoms with Crippen LogP contribution in [0.15, 0.2) is 18.2 Å². The number of carboxylic acid groups (broad SMARTS) is 1. The molecule has 1 fully saturated rings. The maximum Gasteiger partial charge on any atom is 0.339 e. The largest absolute Gasteiger partial charge is 0.507 e. The van der Waals surface area contributed by atoms with E-state index in [1.165, 1.54) is 37.5 Å². The molecule has 5 heteroatoms. The Balaban J connectivity index is 2.01. The Kier molecular flexibility index (Phi) is 5.20. The van der Waals surface area contributed by atoms with Gasteiger partial charge in [0.2, 0.25) is 5.91 Å². The summed E-state index contributed by atoms with van der Waals surface area (Å²) in [5.74, 6) is -1.56.